The second-order valence-corrected chi connectivity index (χ2v) is 7.72. The fourth-order valence-electron chi connectivity index (χ4n) is 4.56. The van der Waals surface area contributed by atoms with Crippen LogP contribution in [0.1, 0.15) is 53.8 Å². The Morgan fingerprint density at radius 3 is 2.56 bits per heavy atom. The Labute approximate surface area is 163 Å². The summed E-state index contributed by atoms with van der Waals surface area (Å²) in [5.74, 6) is 1.14. The second-order valence-electron chi connectivity index (χ2n) is 7.72. The number of nitrogens with one attached hydrogen (secondary N) is 1. The molecule has 0 amide bonds. The Balaban J connectivity index is 2.00. The average Bonchev–Trinajstić information content (AvgIpc) is 2.95. The molecule has 2 heterocycles. The van der Waals surface area contributed by atoms with E-state index in [4.69, 9.17) is 9.84 Å². The van der Waals surface area contributed by atoms with Crippen molar-refractivity contribution in [1.82, 2.24) is 15.1 Å². The van der Waals surface area contributed by atoms with E-state index in [2.05, 4.69) is 61.8 Å². The van der Waals surface area contributed by atoms with Crippen molar-refractivity contribution in [2.24, 2.45) is 7.05 Å². The molecule has 27 heavy (non-hydrogen) atoms. The molecule has 0 saturated heterocycles. The molecule has 2 aromatic rings. The molecule has 0 spiro atoms. The van der Waals surface area contributed by atoms with Crippen LogP contribution in [0.25, 0.3) is 0 Å². The molecule has 0 aliphatic carbocycles. The molecule has 1 aliphatic rings. The number of benzene rings is 1. The molecule has 1 aromatic heterocycles. The Hall–Kier alpha value is -1.85. The zero-order chi connectivity index (χ0) is 19.6. The maximum absolute atomic E-state index is 5.21. The molecule has 0 bridgehead atoms. The third-order valence-corrected chi connectivity index (χ3v) is 5.58. The molecule has 3 rings (SSSR count). The zero-order valence-electron chi connectivity index (χ0n) is 17.7. The van der Waals surface area contributed by atoms with Gasteiger partial charge in [0.25, 0.3) is 0 Å². The molecule has 0 fully saturated rings. The van der Waals surface area contributed by atoms with Gasteiger partial charge in [0.15, 0.2) is 5.82 Å². The van der Waals surface area contributed by atoms with Crippen LogP contribution >= 0.6 is 0 Å². The monoisotopic (exact) mass is 370 g/mol. The topological polar surface area (TPSA) is 42.3 Å². The summed E-state index contributed by atoms with van der Waals surface area (Å²) in [5, 5.41) is 8.63. The predicted octanol–water partition coefficient (Wildman–Crippen LogP) is 4.12. The molecule has 1 N–H and O–H groups in total. The van der Waals surface area contributed by atoms with Gasteiger partial charge in [-0.15, -0.1) is 0 Å². The van der Waals surface area contributed by atoms with Gasteiger partial charge in [0, 0.05) is 44.5 Å². The van der Waals surface area contributed by atoms with E-state index in [0.717, 1.165) is 44.8 Å². The van der Waals surface area contributed by atoms with E-state index in [0.29, 0.717) is 6.04 Å². The Kier molecular flexibility index (Phi) is 6.22. The molecule has 148 valence electrons. The van der Waals surface area contributed by atoms with Gasteiger partial charge in [-0.25, -0.2) is 0 Å². The number of fused-ring (bicyclic) bond motifs is 1. The van der Waals surface area contributed by atoms with Gasteiger partial charge >= 0.3 is 0 Å². The Bertz CT molecular complexity index is 773. The zero-order valence-corrected chi connectivity index (χ0v) is 17.7. The predicted molar refractivity (Wildman–Crippen MR) is 112 cm³/mol. The molecule has 1 unspecified atom stereocenters. The summed E-state index contributed by atoms with van der Waals surface area (Å²) in [6, 6.07) is 4.87. The van der Waals surface area contributed by atoms with Crippen molar-refractivity contribution in [3.63, 3.8) is 0 Å². The smallest absolute Gasteiger partial charge is 0.158 e. The minimum Gasteiger partial charge on any atom is -0.383 e. The van der Waals surface area contributed by atoms with Crippen LogP contribution in [0.15, 0.2) is 12.1 Å². The number of methoxy groups -OCH3 is 1. The van der Waals surface area contributed by atoms with Gasteiger partial charge in [-0.05, 0) is 51.2 Å². The van der Waals surface area contributed by atoms with Crippen molar-refractivity contribution < 1.29 is 4.74 Å². The summed E-state index contributed by atoms with van der Waals surface area (Å²) in [4.78, 5) is 2.44. The number of rotatable bonds is 7. The normalized spacial score (nSPS) is 15.1. The standard InChI is InChI=1S/C22H34N4O/c1-7-19(23-10-12-27-6)21-18-9-8-11-26(22(18)24-25(21)5)20-16(3)13-15(2)14-17(20)4/h13-14,19,23H,7-12H2,1-6H3. The summed E-state index contributed by atoms with van der Waals surface area (Å²) in [7, 11) is 3.83. The minimum absolute atomic E-state index is 0.307. The molecule has 1 aliphatic heterocycles. The van der Waals surface area contributed by atoms with E-state index in [1.807, 2.05) is 0 Å². The third-order valence-electron chi connectivity index (χ3n) is 5.58. The maximum atomic E-state index is 5.21. The number of hydrogen-bond acceptors (Lipinski definition) is 4. The summed E-state index contributed by atoms with van der Waals surface area (Å²) in [6.07, 6.45) is 3.30. The van der Waals surface area contributed by atoms with Crippen molar-refractivity contribution >= 4 is 11.5 Å². The van der Waals surface area contributed by atoms with Crippen molar-refractivity contribution in [2.75, 3.05) is 31.7 Å². The lowest BCUT2D eigenvalue weighted by Gasteiger charge is -2.31. The molecular formula is C22H34N4O. The van der Waals surface area contributed by atoms with Gasteiger partial charge in [-0.1, -0.05) is 24.6 Å². The first-order chi connectivity index (χ1) is 13.0. The van der Waals surface area contributed by atoms with Crippen molar-refractivity contribution in [3.8, 4) is 0 Å². The van der Waals surface area contributed by atoms with Crippen molar-refractivity contribution in [2.45, 2.75) is 53.0 Å². The van der Waals surface area contributed by atoms with Crippen LogP contribution in [0.4, 0.5) is 11.5 Å². The molecule has 5 heteroatoms. The lowest BCUT2D eigenvalue weighted by molar-refractivity contribution is 0.195. The van der Waals surface area contributed by atoms with Gasteiger partial charge in [0.05, 0.1) is 12.3 Å². The van der Waals surface area contributed by atoms with Crippen LogP contribution in [0.5, 0.6) is 0 Å². The van der Waals surface area contributed by atoms with Crippen LogP contribution in [0.2, 0.25) is 0 Å². The minimum atomic E-state index is 0.307. The van der Waals surface area contributed by atoms with Gasteiger partial charge in [-0.2, -0.15) is 5.10 Å². The second kappa shape index (κ2) is 8.44. The number of aromatic nitrogens is 2. The van der Waals surface area contributed by atoms with Crippen LogP contribution in [0, 0.1) is 20.8 Å². The fourth-order valence-corrected chi connectivity index (χ4v) is 4.56. The van der Waals surface area contributed by atoms with E-state index in [1.165, 1.54) is 33.6 Å². The first kappa shape index (κ1) is 19.9. The summed E-state index contributed by atoms with van der Waals surface area (Å²) < 4.78 is 7.31. The summed E-state index contributed by atoms with van der Waals surface area (Å²) >= 11 is 0. The van der Waals surface area contributed by atoms with E-state index in [-0.39, 0.29) is 0 Å². The Morgan fingerprint density at radius 1 is 1.22 bits per heavy atom. The number of ether oxygens (including phenoxy) is 1. The van der Waals surface area contributed by atoms with Crippen LogP contribution in [0.3, 0.4) is 0 Å². The molecule has 1 atom stereocenters. The Morgan fingerprint density at radius 2 is 1.93 bits per heavy atom. The molecule has 0 radical (unpaired) electrons. The lowest BCUT2D eigenvalue weighted by atomic mass is 9.97. The van der Waals surface area contributed by atoms with Crippen LogP contribution in [-0.4, -0.2) is 36.6 Å². The summed E-state index contributed by atoms with van der Waals surface area (Å²) in [6.45, 7) is 11.4. The quantitative estimate of drug-likeness (QED) is 0.745. The van der Waals surface area contributed by atoms with Crippen molar-refractivity contribution in [3.05, 3.63) is 40.1 Å². The van der Waals surface area contributed by atoms with Gasteiger partial charge in [-0.3, -0.25) is 4.68 Å². The highest BCUT2D eigenvalue weighted by atomic mass is 16.5. The first-order valence-electron chi connectivity index (χ1n) is 10.1. The largest absolute Gasteiger partial charge is 0.383 e. The molecule has 0 saturated carbocycles. The molecule has 5 nitrogen and oxygen atoms in total. The highest BCUT2D eigenvalue weighted by Gasteiger charge is 2.30. The van der Waals surface area contributed by atoms with Gasteiger partial charge < -0.3 is 15.0 Å². The molecular weight excluding hydrogens is 336 g/mol. The van der Waals surface area contributed by atoms with E-state index < -0.39 is 0 Å². The van der Waals surface area contributed by atoms with Crippen LogP contribution in [-0.2, 0) is 18.2 Å². The number of nitrogens with zero attached hydrogens (tertiary/aromatic N) is 3. The van der Waals surface area contributed by atoms with Gasteiger partial charge in [0.1, 0.15) is 0 Å². The van der Waals surface area contributed by atoms with Crippen molar-refractivity contribution in [1.29, 1.82) is 0 Å². The molecule has 1 aromatic carbocycles. The van der Waals surface area contributed by atoms with Gasteiger partial charge in [0.2, 0.25) is 0 Å². The lowest BCUT2D eigenvalue weighted by Crippen LogP contribution is -2.29. The maximum Gasteiger partial charge on any atom is 0.158 e. The average molecular weight is 371 g/mol. The van der Waals surface area contributed by atoms with E-state index >= 15 is 0 Å². The highest BCUT2D eigenvalue weighted by molar-refractivity contribution is 5.71. The third kappa shape index (κ3) is 3.90. The van der Waals surface area contributed by atoms with E-state index in [1.54, 1.807) is 7.11 Å². The SMILES string of the molecule is CCC(NCCOC)c1c2c(nn1C)N(c1c(C)cc(C)cc1C)CCC2. The summed E-state index contributed by atoms with van der Waals surface area (Å²) in [5.41, 5.74) is 8.04. The number of hydrogen-bond donors (Lipinski definition) is 1. The van der Waals surface area contributed by atoms with Crippen LogP contribution < -0.4 is 10.2 Å². The number of anilines is 2. The first-order valence-corrected chi connectivity index (χ1v) is 10.1. The van der Waals surface area contributed by atoms with E-state index in [9.17, 15) is 0 Å². The number of aryl methyl sites for hydroxylation is 4. The highest BCUT2D eigenvalue weighted by Crippen LogP contribution is 2.39. The fraction of sp³-hybridized carbons (Fsp3) is 0.591.